The summed E-state index contributed by atoms with van der Waals surface area (Å²) in [6.45, 7) is 1.33. The van der Waals surface area contributed by atoms with E-state index in [0.717, 1.165) is 29.9 Å². The number of carbonyl (C=O) groups is 2. The van der Waals surface area contributed by atoms with Gasteiger partial charge in [-0.2, -0.15) is 0 Å². The molecule has 2 heterocycles. The Labute approximate surface area is 158 Å². The molecule has 1 aliphatic heterocycles. The number of fused-ring (bicyclic) bond motifs is 1. The Balaban J connectivity index is 2.15. The molecule has 2 aromatic rings. The van der Waals surface area contributed by atoms with Crippen LogP contribution in [0, 0.1) is 0 Å². The van der Waals surface area contributed by atoms with Gasteiger partial charge in [0, 0.05) is 31.5 Å². The second kappa shape index (κ2) is 7.84. The maximum atomic E-state index is 12.5. The first kappa shape index (κ1) is 19.0. The second-order valence-electron chi connectivity index (χ2n) is 6.48. The van der Waals surface area contributed by atoms with Crippen molar-refractivity contribution >= 4 is 17.6 Å². The van der Waals surface area contributed by atoms with Crippen molar-refractivity contribution in [3.8, 4) is 11.3 Å². The minimum atomic E-state index is -0.547. The summed E-state index contributed by atoms with van der Waals surface area (Å²) in [7, 11) is 4.52. The van der Waals surface area contributed by atoms with E-state index in [4.69, 9.17) is 14.6 Å². The molecule has 7 heteroatoms. The molecule has 0 saturated carbocycles. The first-order valence-corrected chi connectivity index (χ1v) is 8.87. The van der Waals surface area contributed by atoms with Gasteiger partial charge in [0.05, 0.1) is 32.1 Å². The Morgan fingerprint density at radius 1 is 1.11 bits per heavy atom. The number of aliphatic hydroxyl groups excluding tert-OH is 1. The number of anilines is 1. The molecule has 1 aromatic heterocycles. The molecular weight excluding hydrogens is 348 g/mol. The van der Waals surface area contributed by atoms with Gasteiger partial charge in [-0.3, -0.25) is 0 Å². The Kier molecular flexibility index (Phi) is 5.51. The maximum Gasteiger partial charge on any atom is 0.340 e. The summed E-state index contributed by atoms with van der Waals surface area (Å²) in [6.07, 6.45) is 1.62. The van der Waals surface area contributed by atoms with Crippen LogP contribution < -0.4 is 4.90 Å². The van der Waals surface area contributed by atoms with Crippen molar-refractivity contribution in [3.05, 3.63) is 41.1 Å². The van der Waals surface area contributed by atoms with E-state index >= 15 is 0 Å². The standard InChI is InChI=1S/C20H24N2O5/c1-21(11-12-23)14-8-6-13(7-9-14)18-17(20(25)27-3)16(19(24)26-2)15-5-4-10-22(15)18/h6-9,23H,4-5,10-12H2,1-3H3. The van der Waals surface area contributed by atoms with Gasteiger partial charge in [0.15, 0.2) is 0 Å². The second-order valence-corrected chi connectivity index (χ2v) is 6.48. The van der Waals surface area contributed by atoms with Crippen LogP contribution in [0.2, 0.25) is 0 Å². The fourth-order valence-corrected chi connectivity index (χ4v) is 3.65. The number of aliphatic hydroxyl groups is 1. The summed E-state index contributed by atoms with van der Waals surface area (Å²) in [6, 6.07) is 7.69. The highest BCUT2D eigenvalue weighted by molar-refractivity contribution is 6.09. The number of hydrogen-bond donors (Lipinski definition) is 1. The SMILES string of the molecule is COC(=O)c1c(C(=O)OC)c(-c2ccc(N(C)CCO)cc2)n2c1CCC2. The van der Waals surface area contributed by atoms with Gasteiger partial charge in [-0.05, 0) is 30.5 Å². The van der Waals surface area contributed by atoms with Crippen LogP contribution >= 0.6 is 0 Å². The third kappa shape index (κ3) is 3.30. The van der Waals surface area contributed by atoms with Gasteiger partial charge in [-0.1, -0.05) is 12.1 Å². The van der Waals surface area contributed by atoms with Crippen molar-refractivity contribution < 1.29 is 24.2 Å². The highest BCUT2D eigenvalue weighted by atomic mass is 16.5. The summed E-state index contributed by atoms with van der Waals surface area (Å²) in [5.74, 6) is -1.07. The van der Waals surface area contributed by atoms with Crippen molar-refractivity contribution in [3.63, 3.8) is 0 Å². The summed E-state index contributed by atoms with van der Waals surface area (Å²) < 4.78 is 11.9. The van der Waals surface area contributed by atoms with Crippen molar-refractivity contribution in [2.75, 3.05) is 39.3 Å². The monoisotopic (exact) mass is 372 g/mol. The molecule has 0 bridgehead atoms. The number of aromatic nitrogens is 1. The Hall–Kier alpha value is -2.80. The zero-order chi connectivity index (χ0) is 19.6. The predicted molar refractivity (Wildman–Crippen MR) is 101 cm³/mol. The number of nitrogens with zero attached hydrogens (tertiary/aromatic N) is 2. The number of ether oxygens (including phenoxy) is 2. The molecule has 0 atom stereocenters. The lowest BCUT2D eigenvalue weighted by atomic mass is 10.0. The summed E-state index contributed by atoms with van der Waals surface area (Å²) in [5.41, 5.74) is 3.85. The number of carbonyl (C=O) groups excluding carboxylic acids is 2. The van der Waals surface area contributed by atoms with E-state index in [0.29, 0.717) is 24.2 Å². The maximum absolute atomic E-state index is 12.5. The van der Waals surface area contributed by atoms with E-state index in [-0.39, 0.29) is 12.2 Å². The van der Waals surface area contributed by atoms with Crippen LogP contribution in [-0.2, 0) is 22.4 Å². The van der Waals surface area contributed by atoms with Crippen molar-refractivity contribution in [2.24, 2.45) is 0 Å². The zero-order valence-corrected chi connectivity index (χ0v) is 15.8. The average molecular weight is 372 g/mol. The highest BCUT2D eigenvalue weighted by Gasteiger charge is 2.34. The topological polar surface area (TPSA) is 81.0 Å². The molecule has 0 aliphatic carbocycles. The van der Waals surface area contributed by atoms with Crippen LogP contribution in [0.5, 0.6) is 0 Å². The number of hydrogen-bond acceptors (Lipinski definition) is 6. The van der Waals surface area contributed by atoms with Gasteiger partial charge in [-0.25, -0.2) is 9.59 Å². The average Bonchev–Trinajstić information content (AvgIpc) is 3.27. The lowest BCUT2D eigenvalue weighted by Crippen LogP contribution is -2.20. The molecule has 0 unspecified atom stereocenters. The molecule has 1 aliphatic rings. The number of esters is 2. The fraction of sp³-hybridized carbons (Fsp3) is 0.400. The van der Waals surface area contributed by atoms with Gasteiger partial charge >= 0.3 is 11.9 Å². The van der Waals surface area contributed by atoms with Crippen molar-refractivity contribution in [2.45, 2.75) is 19.4 Å². The van der Waals surface area contributed by atoms with E-state index in [9.17, 15) is 9.59 Å². The highest BCUT2D eigenvalue weighted by Crippen LogP contribution is 2.37. The van der Waals surface area contributed by atoms with Crippen molar-refractivity contribution in [1.29, 1.82) is 0 Å². The van der Waals surface area contributed by atoms with E-state index < -0.39 is 11.9 Å². The van der Waals surface area contributed by atoms with Crippen LogP contribution in [0.4, 0.5) is 5.69 Å². The van der Waals surface area contributed by atoms with E-state index in [1.54, 1.807) is 0 Å². The number of methoxy groups -OCH3 is 2. The summed E-state index contributed by atoms with van der Waals surface area (Å²) in [5, 5.41) is 9.10. The Morgan fingerprint density at radius 3 is 2.33 bits per heavy atom. The van der Waals surface area contributed by atoms with E-state index in [1.165, 1.54) is 14.2 Å². The molecule has 3 rings (SSSR count). The minimum absolute atomic E-state index is 0.0689. The Bertz CT molecular complexity index is 854. The molecule has 0 saturated heterocycles. The third-order valence-electron chi connectivity index (χ3n) is 4.96. The molecule has 1 N–H and O–H groups in total. The van der Waals surface area contributed by atoms with Crippen LogP contribution in [0.3, 0.4) is 0 Å². The molecular formula is C20H24N2O5. The van der Waals surface area contributed by atoms with Gasteiger partial charge in [-0.15, -0.1) is 0 Å². The minimum Gasteiger partial charge on any atom is -0.465 e. The first-order chi connectivity index (χ1) is 13.0. The van der Waals surface area contributed by atoms with Gasteiger partial charge in [0.25, 0.3) is 0 Å². The molecule has 7 nitrogen and oxygen atoms in total. The molecule has 1 aromatic carbocycles. The van der Waals surface area contributed by atoms with Crippen molar-refractivity contribution in [1.82, 2.24) is 4.57 Å². The quantitative estimate of drug-likeness (QED) is 0.782. The molecule has 0 spiro atoms. The van der Waals surface area contributed by atoms with Gasteiger partial charge in [0.2, 0.25) is 0 Å². The number of benzene rings is 1. The molecule has 27 heavy (non-hydrogen) atoms. The number of rotatable bonds is 6. The smallest absolute Gasteiger partial charge is 0.340 e. The van der Waals surface area contributed by atoms with Crippen LogP contribution in [0.25, 0.3) is 11.3 Å². The third-order valence-corrected chi connectivity index (χ3v) is 4.96. The molecule has 0 radical (unpaired) electrons. The Morgan fingerprint density at radius 2 is 1.74 bits per heavy atom. The zero-order valence-electron chi connectivity index (χ0n) is 15.8. The van der Waals surface area contributed by atoms with Crippen LogP contribution in [0.15, 0.2) is 24.3 Å². The summed E-state index contributed by atoms with van der Waals surface area (Å²) >= 11 is 0. The fourth-order valence-electron chi connectivity index (χ4n) is 3.65. The normalized spacial score (nSPS) is 12.6. The van der Waals surface area contributed by atoms with E-state index in [1.807, 2.05) is 40.8 Å². The molecule has 0 amide bonds. The lowest BCUT2D eigenvalue weighted by molar-refractivity contribution is 0.0556. The van der Waals surface area contributed by atoms with Gasteiger partial charge in [0.1, 0.15) is 5.56 Å². The lowest BCUT2D eigenvalue weighted by Gasteiger charge is -2.18. The van der Waals surface area contributed by atoms with Crippen LogP contribution in [-0.4, -0.2) is 56.0 Å². The number of likely N-dealkylation sites (N-methyl/N-ethyl adjacent to an activating group) is 1. The predicted octanol–water partition coefficient (Wildman–Crippen LogP) is 2.10. The first-order valence-electron chi connectivity index (χ1n) is 8.87. The van der Waals surface area contributed by atoms with Crippen LogP contribution in [0.1, 0.15) is 32.8 Å². The molecule has 144 valence electrons. The van der Waals surface area contributed by atoms with E-state index in [2.05, 4.69) is 0 Å². The van der Waals surface area contributed by atoms with Gasteiger partial charge < -0.3 is 24.0 Å². The molecule has 0 fully saturated rings. The summed E-state index contributed by atoms with van der Waals surface area (Å²) in [4.78, 5) is 26.9. The largest absolute Gasteiger partial charge is 0.465 e.